The topological polar surface area (TPSA) is 169 Å². The fourth-order valence-corrected chi connectivity index (χ4v) is 3.00. The molecule has 0 aromatic heterocycles. The third kappa shape index (κ3) is 5.81. The highest BCUT2D eigenvalue weighted by molar-refractivity contribution is 6.01. The minimum Gasteiger partial charge on any atom is -0.273 e. The highest BCUT2D eigenvalue weighted by atomic mass is 16.6. The minimum absolute atomic E-state index is 0.0473. The maximum Gasteiger partial charge on any atom is 0.269 e. The van der Waals surface area contributed by atoms with Gasteiger partial charge in [0.15, 0.2) is 0 Å². The van der Waals surface area contributed by atoms with Crippen molar-refractivity contribution in [3.63, 3.8) is 0 Å². The van der Waals surface area contributed by atoms with Crippen molar-refractivity contribution in [1.29, 1.82) is 0 Å². The van der Waals surface area contributed by atoms with Crippen LogP contribution in [-0.4, -0.2) is 33.1 Å². The van der Waals surface area contributed by atoms with E-state index in [4.69, 9.17) is 0 Å². The van der Waals surface area contributed by atoms with Gasteiger partial charge in [0.05, 0.1) is 33.1 Å². The van der Waals surface area contributed by atoms with Gasteiger partial charge in [-0.05, 0) is 55.7 Å². The summed E-state index contributed by atoms with van der Waals surface area (Å²) in [6.07, 6.45) is 0.357. The fourth-order valence-electron chi connectivity index (χ4n) is 3.00. The van der Waals surface area contributed by atoms with Gasteiger partial charge in [-0.2, -0.15) is 10.2 Å². The Kier molecular flexibility index (Phi) is 6.86. The number of nitro benzene ring substituents is 2. The summed E-state index contributed by atoms with van der Waals surface area (Å²) in [7, 11) is 0. The lowest BCUT2D eigenvalue weighted by Gasteiger charge is -2.04. The van der Waals surface area contributed by atoms with Gasteiger partial charge in [0, 0.05) is 24.3 Å². The van der Waals surface area contributed by atoms with Crippen molar-refractivity contribution < 1.29 is 19.4 Å². The number of hydrogen-bond donors (Lipinski definition) is 2. The molecular weight excluding hydrogens is 432 g/mol. The van der Waals surface area contributed by atoms with E-state index in [2.05, 4.69) is 21.1 Å². The summed E-state index contributed by atoms with van der Waals surface area (Å²) < 4.78 is 0. The van der Waals surface area contributed by atoms with E-state index in [-0.39, 0.29) is 11.4 Å². The van der Waals surface area contributed by atoms with Crippen LogP contribution in [0, 0.1) is 32.1 Å². The number of hydrazone groups is 2. The summed E-state index contributed by atoms with van der Waals surface area (Å²) in [5.41, 5.74) is 6.88. The predicted octanol–water partition coefficient (Wildman–Crippen LogP) is 2.52. The van der Waals surface area contributed by atoms with Crippen molar-refractivity contribution in [2.45, 2.75) is 20.3 Å². The number of nitrogens with one attached hydrogen (secondary N) is 2. The van der Waals surface area contributed by atoms with Gasteiger partial charge in [0.2, 0.25) is 11.8 Å². The maximum atomic E-state index is 12.3. The Morgan fingerprint density at radius 2 is 1.09 bits per heavy atom. The molecule has 33 heavy (non-hydrogen) atoms. The van der Waals surface area contributed by atoms with Crippen molar-refractivity contribution >= 4 is 34.6 Å². The molecule has 1 saturated carbocycles. The van der Waals surface area contributed by atoms with E-state index in [1.807, 2.05) is 0 Å². The van der Waals surface area contributed by atoms with E-state index < -0.39 is 33.5 Å². The van der Waals surface area contributed by atoms with E-state index in [1.165, 1.54) is 48.5 Å². The van der Waals surface area contributed by atoms with Crippen LogP contribution in [0.1, 0.15) is 31.4 Å². The molecule has 0 heterocycles. The first-order chi connectivity index (χ1) is 15.7. The lowest BCUT2D eigenvalue weighted by Crippen LogP contribution is -2.26. The molecule has 12 nitrogen and oxygen atoms in total. The second-order valence-electron chi connectivity index (χ2n) is 7.40. The summed E-state index contributed by atoms with van der Waals surface area (Å²) in [6, 6.07) is 11.5. The maximum absolute atomic E-state index is 12.3. The molecule has 2 aromatic carbocycles. The van der Waals surface area contributed by atoms with Gasteiger partial charge >= 0.3 is 0 Å². The molecule has 12 heteroatoms. The number of carbonyl (C=O) groups is 2. The number of rotatable bonds is 8. The van der Waals surface area contributed by atoms with E-state index in [0.717, 1.165) is 0 Å². The molecular formula is C21H20N6O6. The lowest BCUT2D eigenvalue weighted by molar-refractivity contribution is -0.385. The SMILES string of the molecule is CC(=NNC(=O)[C@H]1C[C@@H]1C(=O)NN=C(C)c1ccc([N+](=O)[O-])cc1)c1ccc([N+](=O)[O-])cc1. The van der Waals surface area contributed by atoms with Crippen molar-refractivity contribution in [1.82, 2.24) is 10.9 Å². The predicted molar refractivity (Wildman–Crippen MR) is 118 cm³/mol. The summed E-state index contributed by atoms with van der Waals surface area (Å²) in [5.74, 6) is -1.89. The second-order valence-corrected chi connectivity index (χ2v) is 7.40. The normalized spacial score (nSPS) is 17.8. The Bertz CT molecular complexity index is 1070. The standard InChI is InChI=1S/C21H20N6O6/c1-12(14-3-7-16(8-4-14)26(30)31)22-24-20(28)18-11-19(18)21(29)25-23-13(2)15-5-9-17(10-6-15)27(32)33/h3-10,18-19H,11H2,1-2H3,(H,24,28)(H,25,29)/t18-,19-/m0/s1. The van der Waals surface area contributed by atoms with E-state index in [9.17, 15) is 29.8 Å². The zero-order valence-corrected chi connectivity index (χ0v) is 17.7. The number of benzene rings is 2. The summed E-state index contributed by atoms with van der Waals surface area (Å²) in [5, 5.41) is 29.4. The van der Waals surface area contributed by atoms with Gasteiger partial charge in [-0.15, -0.1) is 0 Å². The molecule has 1 fully saturated rings. The first-order valence-electron chi connectivity index (χ1n) is 9.85. The summed E-state index contributed by atoms with van der Waals surface area (Å²) in [4.78, 5) is 44.9. The monoisotopic (exact) mass is 452 g/mol. The van der Waals surface area contributed by atoms with E-state index >= 15 is 0 Å². The Labute approximate surface area is 187 Å². The number of nitro groups is 2. The van der Waals surface area contributed by atoms with Crippen LogP contribution in [0.5, 0.6) is 0 Å². The highest BCUT2D eigenvalue weighted by Gasteiger charge is 2.48. The molecule has 3 rings (SSSR count). The molecule has 0 aliphatic heterocycles. The molecule has 0 spiro atoms. The Morgan fingerprint density at radius 3 is 1.39 bits per heavy atom. The van der Waals surface area contributed by atoms with Gasteiger partial charge in [-0.3, -0.25) is 29.8 Å². The Hall–Kier alpha value is -4.48. The first-order valence-corrected chi connectivity index (χ1v) is 9.85. The molecule has 2 N–H and O–H groups in total. The smallest absolute Gasteiger partial charge is 0.269 e. The van der Waals surface area contributed by atoms with Crippen LogP contribution in [0.2, 0.25) is 0 Å². The molecule has 0 radical (unpaired) electrons. The molecule has 0 saturated heterocycles. The number of carbonyl (C=O) groups excluding carboxylic acids is 2. The van der Waals surface area contributed by atoms with Crippen LogP contribution in [0.25, 0.3) is 0 Å². The third-order valence-corrected chi connectivity index (χ3v) is 5.12. The third-order valence-electron chi connectivity index (χ3n) is 5.12. The molecule has 0 bridgehead atoms. The zero-order valence-electron chi connectivity index (χ0n) is 17.7. The Morgan fingerprint density at radius 1 is 0.758 bits per heavy atom. The largest absolute Gasteiger partial charge is 0.273 e. The Balaban J connectivity index is 1.51. The summed E-state index contributed by atoms with van der Waals surface area (Å²) in [6.45, 7) is 3.29. The van der Waals surface area contributed by atoms with Crippen molar-refractivity contribution in [3.05, 3.63) is 79.9 Å². The highest BCUT2D eigenvalue weighted by Crippen LogP contribution is 2.38. The van der Waals surface area contributed by atoms with Gasteiger partial charge < -0.3 is 0 Å². The fraction of sp³-hybridized carbons (Fsp3) is 0.238. The molecule has 2 atom stereocenters. The van der Waals surface area contributed by atoms with Crippen LogP contribution in [0.3, 0.4) is 0 Å². The van der Waals surface area contributed by atoms with Crippen LogP contribution in [0.4, 0.5) is 11.4 Å². The quantitative estimate of drug-likeness (QED) is 0.354. The number of hydrogen-bond acceptors (Lipinski definition) is 8. The average molecular weight is 452 g/mol. The van der Waals surface area contributed by atoms with Crippen LogP contribution in [-0.2, 0) is 9.59 Å². The molecule has 2 aromatic rings. The van der Waals surface area contributed by atoms with Crippen LogP contribution < -0.4 is 10.9 Å². The van der Waals surface area contributed by atoms with Crippen molar-refractivity contribution in [2.75, 3.05) is 0 Å². The van der Waals surface area contributed by atoms with Gasteiger partial charge in [0.25, 0.3) is 11.4 Å². The number of nitrogens with zero attached hydrogens (tertiary/aromatic N) is 4. The zero-order chi connectivity index (χ0) is 24.1. The van der Waals surface area contributed by atoms with Gasteiger partial charge in [0.1, 0.15) is 0 Å². The number of amides is 2. The number of non-ortho nitro benzene ring substituents is 2. The lowest BCUT2D eigenvalue weighted by atomic mass is 10.1. The minimum atomic E-state index is -0.534. The first kappa shape index (κ1) is 23.2. The van der Waals surface area contributed by atoms with Crippen molar-refractivity contribution in [2.24, 2.45) is 22.0 Å². The average Bonchev–Trinajstić information content (AvgIpc) is 3.62. The van der Waals surface area contributed by atoms with Crippen molar-refractivity contribution in [3.8, 4) is 0 Å². The van der Waals surface area contributed by atoms with E-state index in [1.54, 1.807) is 13.8 Å². The molecule has 2 amide bonds. The van der Waals surface area contributed by atoms with Gasteiger partial charge in [-0.25, -0.2) is 10.9 Å². The van der Waals surface area contributed by atoms with Crippen LogP contribution >= 0.6 is 0 Å². The second kappa shape index (κ2) is 9.77. The summed E-state index contributed by atoms with van der Waals surface area (Å²) >= 11 is 0. The molecule has 170 valence electrons. The molecule has 1 aliphatic rings. The molecule has 0 unspecified atom stereocenters. The van der Waals surface area contributed by atoms with Crippen LogP contribution in [0.15, 0.2) is 58.7 Å². The molecule has 1 aliphatic carbocycles. The van der Waals surface area contributed by atoms with Gasteiger partial charge in [-0.1, -0.05) is 0 Å². The van der Waals surface area contributed by atoms with E-state index in [0.29, 0.717) is 29.0 Å².